The number of nitrogens with zero attached hydrogens (tertiary/aromatic N) is 2. The van der Waals surface area contributed by atoms with E-state index in [1.54, 1.807) is 17.5 Å². The minimum Gasteiger partial charge on any atom is -0.383 e. The van der Waals surface area contributed by atoms with E-state index < -0.39 is 6.10 Å². The van der Waals surface area contributed by atoms with Crippen molar-refractivity contribution in [2.45, 2.75) is 52.2 Å². The van der Waals surface area contributed by atoms with Crippen LogP contribution in [0.5, 0.6) is 0 Å². The first kappa shape index (κ1) is 14.3. The molecule has 0 spiro atoms. The highest BCUT2D eigenvalue weighted by molar-refractivity contribution is 7.12. The van der Waals surface area contributed by atoms with Gasteiger partial charge in [0.15, 0.2) is 0 Å². The zero-order chi connectivity index (χ0) is 14.0. The summed E-state index contributed by atoms with van der Waals surface area (Å²) in [5.74, 6) is 0. The zero-order valence-corrected chi connectivity index (χ0v) is 12.9. The number of rotatable bonds is 4. The predicted octanol–water partition coefficient (Wildman–Crippen LogP) is 3.73. The largest absolute Gasteiger partial charge is 0.383 e. The highest BCUT2D eigenvalue weighted by Gasteiger charge is 2.20. The average molecular weight is 278 g/mol. The standard InChI is InChI=1S/C15H22N2OS/c1-5-8-17-10-11(9-16-17)14(18)12-6-7-13(19-12)15(2,3)4/h6-7,9-10,14,18H,5,8H2,1-4H3. The Morgan fingerprint density at radius 2 is 2.11 bits per heavy atom. The maximum Gasteiger partial charge on any atom is 0.116 e. The molecule has 0 bridgehead atoms. The molecule has 0 fully saturated rings. The van der Waals surface area contributed by atoms with Gasteiger partial charge in [-0.15, -0.1) is 11.3 Å². The van der Waals surface area contributed by atoms with Crippen molar-refractivity contribution >= 4 is 11.3 Å². The van der Waals surface area contributed by atoms with Gasteiger partial charge in [-0.25, -0.2) is 0 Å². The van der Waals surface area contributed by atoms with Gasteiger partial charge >= 0.3 is 0 Å². The van der Waals surface area contributed by atoms with Gasteiger partial charge in [-0.05, 0) is 24.0 Å². The summed E-state index contributed by atoms with van der Waals surface area (Å²) in [4.78, 5) is 2.28. The average Bonchev–Trinajstić information content (AvgIpc) is 2.96. The molecule has 1 unspecified atom stereocenters. The molecular formula is C15H22N2OS. The van der Waals surface area contributed by atoms with E-state index in [0.29, 0.717) is 0 Å². The Bertz CT molecular complexity index is 536. The minimum absolute atomic E-state index is 0.134. The predicted molar refractivity (Wildman–Crippen MR) is 79.6 cm³/mol. The second-order valence-electron chi connectivity index (χ2n) is 5.89. The van der Waals surface area contributed by atoms with Crippen LogP contribution in [-0.2, 0) is 12.0 Å². The topological polar surface area (TPSA) is 38.0 Å². The van der Waals surface area contributed by atoms with Gasteiger partial charge in [-0.3, -0.25) is 4.68 Å². The van der Waals surface area contributed by atoms with Crippen molar-refractivity contribution in [3.63, 3.8) is 0 Å². The molecule has 4 heteroatoms. The fraction of sp³-hybridized carbons (Fsp3) is 0.533. The smallest absolute Gasteiger partial charge is 0.116 e. The van der Waals surface area contributed by atoms with E-state index in [1.807, 2.05) is 16.9 Å². The summed E-state index contributed by atoms with van der Waals surface area (Å²) in [7, 11) is 0. The quantitative estimate of drug-likeness (QED) is 0.925. The molecule has 0 aliphatic carbocycles. The van der Waals surface area contributed by atoms with Crippen LogP contribution < -0.4 is 0 Å². The van der Waals surface area contributed by atoms with Crippen LogP contribution in [0.4, 0.5) is 0 Å². The lowest BCUT2D eigenvalue weighted by molar-refractivity contribution is 0.224. The van der Waals surface area contributed by atoms with E-state index in [-0.39, 0.29) is 5.41 Å². The maximum atomic E-state index is 10.4. The van der Waals surface area contributed by atoms with E-state index in [2.05, 4.69) is 38.9 Å². The summed E-state index contributed by atoms with van der Waals surface area (Å²) in [5, 5.41) is 14.7. The Morgan fingerprint density at radius 3 is 2.68 bits per heavy atom. The van der Waals surface area contributed by atoms with Crippen LogP contribution in [0.3, 0.4) is 0 Å². The maximum absolute atomic E-state index is 10.4. The third-order valence-electron chi connectivity index (χ3n) is 3.06. The van der Waals surface area contributed by atoms with Gasteiger partial charge in [-0.2, -0.15) is 5.10 Å². The molecule has 3 nitrogen and oxygen atoms in total. The molecule has 0 radical (unpaired) electrons. The molecule has 2 aromatic rings. The van der Waals surface area contributed by atoms with Crippen molar-refractivity contribution in [1.82, 2.24) is 9.78 Å². The van der Waals surface area contributed by atoms with Crippen LogP contribution in [0.1, 0.15) is 55.5 Å². The van der Waals surface area contributed by atoms with Gasteiger partial charge in [0.25, 0.3) is 0 Å². The molecule has 0 aliphatic heterocycles. The van der Waals surface area contributed by atoms with Gasteiger partial charge in [0.1, 0.15) is 6.10 Å². The van der Waals surface area contributed by atoms with Crippen molar-refractivity contribution < 1.29 is 5.11 Å². The summed E-state index contributed by atoms with van der Waals surface area (Å²) >= 11 is 1.68. The summed E-state index contributed by atoms with van der Waals surface area (Å²) in [6, 6.07) is 4.13. The Labute approximate surface area is 118 Å². The monoisotopic (exact) mass is 278 g/mol. The van der Waals surface area contributed by atoms with E-state index in [9.17, 15) is 5.11 Å². The van der Waals surface area contributed by atoms with Gasteiger partial charge in [-0.1, -0.05) is 27.7 Å². The second-order valence-corrected chi connectivity index (χ2v) is 7.01. The molecule has 0 aromatic carbocycles. The lowest BCUT2D eigenvalue weighted by atomic mass is 9.95. The molecule has 0 amide bonds. The Kier molecular flexibility index (Phi) is 4.11. The molecule has 1 atom stereocenters. The van der Waals surface area contributed by atoms with E-state index in [4.69, 9.17) is 0 Å². The lowest BCUT2D eigenvalue weighted by Gasteiger charge is -2.15. The van der Waals surface area contributed by atoms with Crippen LogP contribution in [0.25, 0.3) is 0 Å². The van der Waals surface area contributed by atoms with Crippen molar-refractivity contribution in [2.24, 2.45) is 0 Å². The van der Waals surface area contributed by atoms with Gasteiger partial charge in [0, 0.05) is 28.1 Å². The third-order valence-corrected chi connectivity index (χ3v) is 4.62. The molecule has 104 valence electrons. The molecule has 19 heavy (non-hydrogen) atoms. The minimum atomic E-state index is -0.563. The Hall–Kier alpha value is -1.13. The fourth-order valence-electron chi connectivity index (χ4n) is 1.94. The fourth-order valence-corrected chi connectivity index (χ4v) is 3.02. The molecular weight excluding hydrogens is 256 g/mol. The summed E-state index contributed by atoms with van der Waals surface area (Å²) in [6.45, 7) is 9.58. The molecule has 2 aromatic heterocycles. The second kappa shape index (κ2) is 5.47. The first-order valence-electron chi connectivity index (χ1n) is 6.72. The van der Waals surface area contributed by atoms with Gasteiger partial charge in [0.05, 0.1) is 6.20 Å². The number of hydrogen-bond donors (Lipinski definition) is 1. The Morgan fingerprint density at radius 1 is 1.37 bits per heavy atom. The summed E-state index contributed by atoms with van der Waals surface area (Å²) in [5.41, 5.74) is 1.01. The summed E-state index contributed by atoms with van der Waals surface area (Å²) < 4.78 is 1.89. The van der Waals surface area contributed by atoms with Gasteiger partial charge < -0.3 is 5.11 Å². The molecule has 2 rings (SSSR count). The molecule has 2 heterocycles. The SMILES string of the molecule is CCCn1cc(C(O)c2ccc(C(C)(C)C)s2)cn1. The van der Waals surface area contributed by atoms with Crippen LogP contribution in [0.15, 0.2) is 24.5 Å². The van der Waals surface area contributed by atoms with E-state index in [1.165, 1.54) is 4.88 Å². The number of hydrogen-bond acceptors (Lipinski definition) is 3. The summed E-state index contributed by atoms with van der Waals surface area (Å²) in [6.07, 6.45) is 4.18. The highest BCUT2D eigenvalue weighted by Crippen LogP contribution is 2.34. The molecule has 1 N–H and O–H groups in total. The van der Waals surface area contributed by atoms with Crippen LogP contribution in [0.2, 0.25) is 0 Å². The molecule has 0 aliphatic rings. The number of aryl methyl sites for hydroxylation is 1. The Balaban J connectivity index is 2.18. The van der Waals surface area contributed by atoms with Crippen molar-refractivity contribution in [2.75, 3.05) is 0 Å². The molecule has 0 saturated heterocycles. The van der Waals surface area contributed by atoms with E-state index >= 15 is 0 Å². The third kappa shape index (κ3) is 3.25. The number of aliphatic hydroxyl groups excluding tert-OH is 1. The highest BCUT2D eigenvalue weighted by atomic mass is 32.1. The lowest BCUT2D eigenvalue weighted by Crippen LogP contribution is -2.07. The number of aliphatic hydroxyl groups is 1. The van der Waals surface area contributed by atoms with Crippen molar-refractivity contribution in [3.8, 4) is 0 Å². The van der Waals surface area contributed by atoms with Crippen LogP contribution in [-0.4, -0.2) is 14.9 Å². The van der Waals surface area contributed by atoms with Crippen molar-refractivity contribution in [1.29, 1.82) is 0 Å². The first-order valence-corrected chi connectivity index (χ1v) is 7.54. The first-order chi connectivity index (χ1) is 8.91. The van der Waals surface area contributed by atoms with Gasteiger partial charge in [0.2, 0.25) is 0 Å². The number of aromatic nitrogens is 2. The zero-order valence-electron chi connectivity index (χ0n) is 12.1. The van der Waals surface area contributed by atoms with Crippen LogP contribution in [0, 0.1) is 0 Å². The van der Waals surface area contributed by atoms with E-state index in [0.717, 1.165) is 23.4 Å². The number of thiophene rings is 1. The van der Waals surface area contributed by atoms with Crippen molar-refractivity contribution in [3.05, 3.63) is 39.8 Å². The molecule has 0 saturated carbocycles. The normalized spacial score (nSPS) is 13.7. The van der Waals surface area contributed by atoms with Crippen LogP contribution >= 0.6 is 11.3 Å².